The molecule has 27 heavy (non-hydrogen) atoms. The lowest BCUT2D eigenvalue weighted by Gasteiger charge is -2.08. The number of carbonyl (C=O) groups is 1. The maximum absolute atomic E-state index is 13.7. The van der Waals surface area contributed by atoms with Crippen molar-refractivity contribution in [2.75, 3.05) is 5.32 Å². The van der Waals surface area contributed by atoms with Crippen LogP contribution in [-0.2, 0) is 17.9 Å². The summed E-state index contributed by atoms with van der Waals surface area (Å²) in [7, 11) is 0. The van der Waals surface area contributed by atoms with Crippen LogP contribution in [0.15, 0.2) is 24.7 Å². The lowest BCUT2D eigenvalue weighted by Crippen LogP contribution is -2.19. The van der Waals surface area contributed by atoms with Gasteiger partial charge >= 0.3 is 0 Å². The van der Waals surface area contributed by atoms with E-state index in [-0.39, 0.29) is 12.4 Å². The Morgan fingerprint density at radius 1 is 1.04 bits per heavy atom. The van der Waals surface area contributed by atoms with Gasteiger partial charge in [-0.15, -0.1) is 0 Å². The molecule has 2 aromatic heterocycles. The third-order valence-corrected chi connectivity index (χ3v) is 3.63. The van der Waals surface area contributed by atoms with Gasteiger partial charge in [0.1, 0.15) is 6.54 Å². The van der Waals surface area contributed by atoms with E-state index < -0.39 is 47.1 Å². The fourth-order valence-electron chi connectivity index (χ4n) is 2.22. The maximum Gasteiger partial charge on any atom is 0.247 e. The number of nitrogens with one attached hydrogen (secondary N) is 1. The maximum atomic E-state index is 13.7. The van der Waals surface area contributed by atoms with E-state index in [2.05, 4.69) is 15.5 Å². The zero-order valence-corrected chi connectivity index (χ0v) is 13.9. The summed E-state index contributed by atoms with van der Waals surface area (Å²) in [6.07, 6.45) is 3.97. The predicted octanol–water partition coefficient (Wildman–Crippen LogP) is 3.12. The van der Waals surface area contributed by atoms with E-state index in [4.69, 9.17) is 11.6 Å². The third kappa shape index (κ3) is 3.92. The SMILES string of the molecule is O=C(Cn1cc(Cl)cn1)Nc1ccn(Cc2c(F)c(F)c(F)c(F)c2F)n1. The number of rotatable bonds is 5. The van der Waals surface area contributed by atoms with Gasteiger partial charge in [0.05, 0.1) is 23.3 Å². The highest BCUT2D eigenvalue weighted by atomic mass is 35.5. The van der Waals surface area contributed by atoms with Gasteiger partial charge < -0.3 is 5.32 Å². The van der Waals surface area contributed by atoms with Gasteiger partial charge in [-0.2, -0.15) is 10.2 Å². The van der Waals surface area contributed by atoms with E-state index in [1.54, 1.807) is 0 Å². The molecule has 3 rings (SSSR count). The molecule has 0 aliphatic carbocycles. The molecule has 0 unspecified atom stereocenters. The fraction of sp³-hybridized carbons (Fsp3) is 0.133. The van der Waals surface area contributed by atoms with Gasteiger partial charge in [0.2, 0.25) is 11.7 Å². The van der Waals surface area contributed by atoms with Crippen molar-refractivity contribution >= 4 is 23.3 Å². The average Bonchev–Trinajstić information content (AvgIpc) is 3.24. The zero-order chi connectivity index (χ0) is 19.7. The molecular formula is C15H9ClF5N5O. The Bertz CT molecular complexity index is 989. The molecule has 1 N–H and O–H groups in total. The first-order valence-corrected chi connectivity index (χ1v) is 7.65. The van der Waals surface area contributed by atoms with Crippen LogP contribution >= 0.6 is 11.6 Å². The summed E-state index contributed by atoms with van der Waals surface area (Å²) in [6.45, 7) is -0.895. The highest BCUT2D eigenvalue weighted by molar-refractivity contribution is 6.30. The van der Waals surface area contributed by atoms with E-state index in [1.165, 1.54) is 29.3 Å². The van der Waals surface area contributed by atoms with Gasteiger partial charge in [-0.3, -0.25) is 14.2 Å². The Kier molecular flexibility index (Phi) is 5.13. The van der Waals surface area contributed by atoms with Crippen LogP contribution in [0, 0.1) is 29.1 Å². The molecule has 0 saturated heterocycles. The van der Waals surface area contributed by atoms with Gasteiger partial charge in [-0.25, -0.2) is 22.0 Å². The van der Waals surface area contributed by atoms with Crippen LogP contribution in [0.2, 0.25) is 5.02 Å². The van der Waals surface area contributed by atoms with Gasteiger partial charge in [0.25, 0.3) is 0 Å². The summed E-state index contributed by atoms with van der Waals surface area (Å²) in [5.74, 6) is -10.7. The number of halogens is 6. The molecule has 0 atom stereocenters. The van der Waals surface area contributed by atoms with E-state index in [0.29, 0.717) is 5.02 Å². The average molecular weight is 406 g/mol. The van der Waals surface area contributed by atoms with E-state index in [0.717, 1.165) is 4.68 Å². The van der Waals surface area contributed by atoms with E-state index in [9.17, 15) is 26.7 Å². The van der Waals surface area contributed by atoms with Gasteiger partial charge in [-0.1, -0.05) is 11.6 Å². The first-order chi connectivity index (χ1) is 12.8. The quantitative estimate of drug-likeness (QED) is 0.403. The first-order valence-electron chi connectivity index (χ1n) is 7.28. The van der Waals surface area contributed by atoms with Crippen LogP contribution < -0.4 is 5.32 Å². The number of aromatic nitrogens is 4. The standard InChI is InChI=1S/C15H9ClF5N5O/c16-7-3-22-26(4-7)6-10(27)23-9-1-2-25(24-9)5-8-11(17)13(19)15(21)14(20)12(8)18/h1-4H,5-6H2,(H,23,24,27). The van der Waals surface area contributed by atoms with Crippen molar-refractivity contribution in [1.82, 2.24) is 19.6 Å². The van der Waals surface area contributed by atoms with Gasteiger partial charge in [0, 0.05) is 18.5 Å². The van der Waals surface area contributed by atoms with Crippen LogP contribution in [0.1, 0.15) is 5.56 Å². The lowest BCUT2D eigenvalue weighted by molar-refractivity contribution is -0.116. The molecule has 1 aromatic carbocycles. The third-order valence-electron chi connectivity index (χ3n) is 3.44. The molecule has 0 spiro atoms. The molecule has 2 heterocycles. The minimum Gasteiger partial charge on any atom is -0.308 e. The topological polar surface area (TPSA) is 64.7 Å². The minimum atomic E-state index is -2.24. The molecule has 0 saturated carbocycles. The van der Waals surface area contributed by atoms with Crippen molar-refractivity contribution in [3.63, 3.8) is 0 Å². The van der Waals surface area contributed by atoms with Crippen molar-refractivity contribution < 1.29 is 26.7 Å². The Labute approximate surface area is 153 Å². The molecule has 0 bridgehead atoms. The number of amides is 1. The summed E-state index contributed by atoms with van der Waals surface area (Å²) >= 11 is 5.67. The Hall–Kier alpha value is -2.95. The number of nitrogens with zero attached hydrogens (tertiary/aromatic N) is 4. The monoisotopic (exact) mass is 405 g/mol. The summed E-state index contributed by atoms with van der Waals surface area (Å²) in [6, 6.07) is 1.29. The van der Waals surface area contributed by atoms with E-state index in [1.807, 2.05) is 0 Å². The van der Waals surface area contributed by atoms with Crippen molar-refractivity contribution in [2.24, 2.45) is 0 Å². The second kappa shape index (κ2) is 7.35. The Morgan fingerprint density at radius 2 is 1.67 bits per heavy atom. The molecule has 0 aliphatic rings. The summed E-state index contributed by atoms with van der Waals surface area (Å²) in [5, 5.41) is 10.4. The molecule has 3 aromatic rings. The molecule has 0 radical (unpaired) electrons. The predicted molar refractivity (Wildman–Crippen MR) is 83.4 cm³/mol. The van der Waals surface area contributed by atoms with Crippen molar-refractivity contribution in [3.8, 4) is 0 Å². The molecule has 1 amide bonds. The van der Waals surface area contributed by atoms with Crippen molar-refractivity contribution in [1.29, 1.82) is 0 Å². The van der Waals surface area contributed by atoms with Crippen molar-refractivity contribution in [3.05, 3.63) is 64.3 Å². The highest BCUT2D eigenvalue weighted by Crippen LogP contribution is 2.23. The van der Waals surface area contributed by atoms with Gasteiger partial charge in [0.15, 0.2) is 29.1 Å². The Morgan fingerprint density at radius 3 is 2.26 bits per heavy atom. The normalized spacial score (nSPS) is 11.0. The molecule has 12 heteroatoms. The smallest absolute Gasteiger partial charge is 0.247 e. The first kappa shape index (κ1) is 18.8. The summed E-state index contributed by atoms with van der Waals surface area (Å²) < 4.78 is 69.1. The number of hydrogen-bond acceptors (Lipinski definition) is 3. The second-order valence-corrected chi connectivity index (χ2v) is 5.79. The zero-order valence-electron chi connectivity index (χ0n) is 13.2. The number of anilines is 1. The number of benzene rings is 1. The molecule has 0 aliphatic heterocycles. The fourth-order valence-corrected chi connectivity index (χ4v) is 2.38. The minimum absolute atomic E-state index is 0.0159. The van der Waals surface area contributed by atoms with Crippen LogP contribution in [0.4, 0.5) is 27.8 Å². The second-order valence-electron chi connectivity index (χ2n) is 5.35. The lowest BCUT2D eigenvalue weighted by atomic mass is 10.1. The van der Waals surface area contributed by atoms with Crippen LogP contribution in [0.25, 0.3) is 0 Å². The molecule has 6 nitrogen and oxygen atoms in total. The molecule has 142 valence electrons. The Balaban J connectivity index is 1.72. The van der Waals surface area contributed by atoms with Crippen LogP contribution in [0.5, 0.6) is 0 Å². The van der Waals surface area contributed by atoms with Crippen LogP contribution in [0.3, 0.4) is 0 Å². The molecular weight excluding hydrogens is 397 g/mol. The molecule has 0 fully saturated rings. The van der Waals surface area contributed by atoms with Gasteiger partial charge in [-0.05, 0) is 0 Å². The van der Waals surface area contributed by atoms with E-state index >= 15 is 0 Å². The summed E-state index contributed by atoms with van der Waals surface area (Å²) in [4.78, 5) is 11.9. The number of hydrogen-bond donors (Lipinski definition) is 1. The summed E-state index contributed by atoms with van der Waals surface area (Å²) in [5.41, 5.74) is -1.04. The number of carbonyl (C=O) groups excluding carboxylic acids is 1. The van der Waals surface area contributed by atoms with Crippen molar-refractivity contribution in [2.45, 2.75) is 13.1 Å². The largest absolute Gasteiger partial charge is 0.308 e. The highest BCUT2D eigenvalue weighted by Gasteiger charge is 2.25. The van der Waals surface area contributed by atoms with Crippen LogP contribution in [-0.4, -0.2) is 25.5 Å².